The minimum Gasteiger partial charge on any atom is -0.388 e. The van der Waals surface area contributed by atoms with Crippen molar-refractivity contribution in [3.8, 4) is 0 Å². The minimum atomic E-state index is -0.575. The second kappa shape index (κ2) is 2.91. The van der Waals surface area contributed by atoms with E-state index in [1.54, 1.807) is 0 Å². The molecule has 2 fully saturated rings. The molecule has 66 valence electrons. The number of hydrogen-bond acceptors (Lipinski definition) is 4. The highest BCUT2D eigenvalue weighted by Gasteiger charge is 2.46. The Labute approximate surface area is 68.7 Å². The predicted molar refractivity (Wildman–Crippen MR) is 38.4 cm³/mol. The summed E-state index contributed by atoms with van der Waals surface area (Å²) in [5, 5.41) is 12.8. The van der Waals surface area contributed by atoms with Crippen molar-refractivity contribution >= 4 is 0 Å². The van der Waals surface area contributed by atoms with Crippen molar-refractivity contribution < 1.29 is 14.6 Å². The van der Waals surface area contributed by atoms with Crippen LogP contribution in [-0.4, -0.2) is 42.7 Å². The van der Waals surface area contributed by atoms with Gasteiger partial charge in [-0.1, -0.05) is 5.11 Å². The highest BCUT2D eigenvalue weighted by molar-refractivity contribution is 4.97. The molecule has 0 saturated carbocycles. The number of nitrogens with zero attached hydrogens (tertiary/aromatic N) is 3. The van der Waals surface area contributed by atoms with E-state index in [1.807, 2.05) is 0 Å². The van der Waals surface area contributed by atoms with E-state index in [-0.39, 0.29) is 24.9 Å². The van der Waals surface area contributed by atoms with Crippen LogP contribution in [-0.2, 0) is 9.47 Å². The van der Waals surface area contributed by atoms with Gasteiger partial charge in [-0.25, -0.2) is 0 Å². The van der Waals surface area contributed by atoms with Crippen LogP contribution in [0.5, 0.6) is 0 Å². The van der Waals surface area contributed by atoms with Crippen LogP contribution in [0.4, 0.5) is 0 Å². The Morgan fingerprint density at radius 3 is 2.83 bits per heavy atom. The minimum absolute atomic E-state index is 0.254. The first-order valence-electron chi connectivity index (χ1n) is 3.78. The summed E-state index contributed by atoms with van der Waals surface area (Å²) < 4.78 is 10.4. The Hall–Kier alpha value is -0.810. The van der Waals surface area contributed by atoms with E-state index in [0.29, 0.717) is 6.61 Å². The molecule has 2 aliphatic heterocycles. The van der Waals surface area contributed by atoms with Crippen LogP contribution < -0.4 is 0 Å². The standard InChI is InChI=1S/C6H9N3O3/c7-9-8-3-1-11-6-4(10)2-12-5(3)6/h3-6,10H,1-2H2/t3-,4+,5-,6-/m1/s1. The Bertz CT molecular complexity index is 228. The van der Waals surface area contributed by atoms with Gasteiger partial charge in [0.25, 0.3) is 0 Å². The quantitative estimate of drug-likeness (QED) is 0.337. The fourth-order valence-electron chi connectivity index (χ4n) is 1.62. The van der Waals surface area contributed by atoms with E-state index in [2.05, 4.69) is 10.0 Å². The molecule has 0 amide bonds. The summed E-state index contributed by atoms with van der Waals surface area (Å²) in [6.45, 7) is 0.614. The van der Waals surface area contributed by atoms with Crippen LogP contribution in [0.2, 0.25) is 0 Å². The van der Waals surface area contributed by atoms with Crippen molar-refractivity contribution in [3.05, 3.63) is 10.4 Å². The number of aliphatic hydroxyl groups excluding tert-OH is 1. The number of azide groups is 1. The largest absolute Gasteiger partial charge is 0.388 e. The first-order valence-corrected chi connectivity index (χ1v) is 3.78. The number of ether oxygens (including phenoxy) is 2. The first-order chi connectivity index (χ1) is 5.83. The van der Waals surface area contributed by atoms with Gasteiger partial charge in [-0.05, 0) is 5.53 Å². The van der Waals surface area contributed by atoms with Crippen molar-refractivity contribution in [2.45, 2.75) is 24.4 Å². The van der Waals surface area contributed by atoms with E-state index in [4.69, 9.17) is 15.0 Å². The third kappa shape index (κ3) is 1.05. The fourth-order valence-corrected chi connectivity index (χ4v) is 1.62. The van der Waals surface area contributed by atoms with Crippen LogP contribution in [0.15, 0.2) is 5.11 Å². The average Bonchev–Trinajstić information content (AvgIpc) is 2.58. The third-order valence-corrected chi connectivity index (χ3v) is 2.20. The Kier molecular flexibility index (Phi) is 1.90. The molecule has 0 radical (unpaired) electrons. The third-order valence-electron chi connectivity index (χ3n) is 2.20. The molecule has 0 bridgehead atoms. The predicted octanol–water partition coefficient (Wildman–Crippen LogP) is -0.176. The monoisotopic (exact) mass is 171 g/mol. The number of rotatable bonds is 1. The molecule has 2 rings (SSSR count). The van der Waals surface area contributed by atoms with Gasteiger partial charge in [-0.2, -0.15) is 0 Å². The van der Waals surface area contributed by atoms with Crippen LogP contribution in [0.3, 0.4) is 0 Å². The molecule has 0 aromatic rings. The van der Waals surface area contributed by atoms with Crippen molar-refractivity contribution in [2.24, 2.45) is 5.11 Å². The molecule has 6 heteroatoms. The summed E-state index contributed by atoms with van der Waals surface area (Å²) >= 11 is 0. The molecule has 6 nitrogen and oxygen atoms in total. The van der Waals surface area contributed by atoms with Gasteiger partial charge in [0.15, 0.2) is 0 Å². The molecule has 0 aliphatic carbocycles. The Morgan fingerprint density at radius 1 is 1.33 bits per heavy atom. The van der Waals surface area contributed by atoms with Crippen LogP contribution >= 0.6 is 0 Å². The number of hydrogen-bond donors (Lipinski definition) is 1. The molecular formula is C6H9N3O3. The van der Waals surface area contributed by atoms with Gasteiger partial charge in [0.2, 0.25) is 0 Å². The SMILES string of the molecule is [N-]=[N+]=N[C@@H]1CO[C@H]2[C@@H]1OC[C@@H]2O. The Morgan fingerprint density at radius 2 is 2.08 bits per heavy atom. The Balaban J connectivity index is 2.10. The van der Waals surface area contributed by atoms with E-state index in [1.165, 1.54) is 0 Å². The van der Waals surface area contributed by atoms with Crippen molar-refractivity contribution in [3.63, 3.8) is 0 Å². The molecule has 0 spiro atoms. The fraction of sp³-hybridized carbons (Fsp3) is 1.00. The average molecular weight is 171 g/mol. The smallest absolute Gasteiger partial charge is 0.112 e. The maximum Gasteiger partial charge on any atom is 0.112 e. The molecule has 1 N–H and O–H groups in total. The van der Waals surface area contributed by atoms with Crippen molar-refractivity contribution in [1.82, 2.24) is 0 Å². The van der Waals surface area contributed by atoms with Crippen LogP contribution in [0.25, 0.3) is 10.4 Å². The van der Waals surface area contributed by atoms with Gasteiger partial charge in [0.1, 0.15) is 12.2 Å². The van der Waals surface area contributed by atoms with Gasteiger partial charge in [-0.15, -0.1) is 0 Å². The molecule has 12 heavy (non-hydrogen) atoms. The van der Waals surface area contributed by atoms with Gasteiger partial charge >= 0.3 is 0 Å². The van der Waals surface area contributed by atoms with Crippen molar-refractivity contribution in [1.29, 1.82) is 0 Å². The highest BCUT2D eigenvalue weighted by atomic mass is 16.6. The summed E-state index contributed by atoms with van der Waals surface area (Å²) in [5.41, 5.74) is 8.20. The molecule has 2 saturated heterocycles. The summed E-state index contributed by atoms with van der Waals surface area (Å²) in [6.07, 6.45) is -1.13. The molecular weight excluding hydrogens is 162 g/mol. The zero-order valence-corrected chi connectivity index (χ0v) is 6.33. The molecule has 4 atom stereocenters. The van der Waals surface area contributed by atoms with Gasteiger partial charge in [0.05, 0.1) is 25.4 Å². The molecule has 2 heterocycles. The molecule has 0 unspecified atom stereocenters. The lowest BCUT2D eigenvalue weighted by Gasteiger charge is -2.10. The summed E-state index contributed by atoms with van der Waals surface area (Å²) in [6, 6.07) is -0.280. The second-order valence-electron chi connectivity index (χ2n) is 2.94. The lowest BCUT2D eigenvalue weighted by atomic mass is 10.1. The second-order valence-corrected chi connectivity index (χ2v) is 2.94. The number of aliphatic hydroxyl groups is 1. The van der Waals surface area contributed by atoms with Crippen LogP contribution in [0, 0.1) is 0 Å². The van der Waals surface area contributed by atoms with Gasteiger partial charge < -0.3 is 14.6 Å². The van der Waals surface area contributed by atoms with E-state index in [9.17, 15) is 5.11 Å². The molecule has 2 aliphatic rings. The normalized spacial score (nSPS) is 45.4. The maximum atomic E-state index is 9.30. The topological polar surface area (TPSA) is 87.5 Å². The highest BCUT2D eigenvalue weighted by Crippen LogP contribution is 2.28. The molecule has 0 aromatic heterocycles. The zero-order chi connectivity index (χ0) is 8.55. The van der Waals surface area contributed by atoms with Crippen molar-refractivity contribution in [2.75, 3.05) is 13.2 Å². The van der Waals surface area contributed by atoms with E-state index < -0.39 is 6.10 Å². The van der Waals surface area contributed by atoms with E-state index in [0.717, 1.165) is 0 Å². The summed E-state index contributed by atoms with van der Waals surface area (Å²) in [4.78, 5) is 2.69. The van der Waals surface area contributed by atoms with Gasteiger partial charge in [0, 0.05) is 4.91 Å². The first kappa shape index (κ1) is 7.82. The summed E-state index contributed by atoms with van der Waals surface area (Å²) in [7, 11) is 0. The maximum absolute atomic E-state index is 9.30. The zero-order valence-electron chi connectivity index (χ0n) is 6.33. The molecule has 0 aromatic carbocycles. The number of fused-ring (bicyclic) bond motifs is 1. The lowest BCUT2D eigenvalue weighted by Crippen LogP contribution is -2.30. The van der Waals surface area contributed by atoms with E-state index >= 15 is 0 Å². The lowest BCUT2D eigenvalue weighted by molar-refractivity contribution is 0.0182. The van der Waals surface area contributed by atoms with Crippen LogP contribution in [0.1, 0.15) is 0 Å². The van der Waals surface area contributed by atoms with Gasteiger partial charge in [-0.3, -0.25) is 0 Å². The summed E-state index contributed by atoms with van der Waals surface area (Å²) in [5.74, 6) is 0.